The minimum absolute atomic E-state index is 0.0175. The van der Waals surface area contributed by atoms with Crippen molar-refractivity contribution in [2.75, 3.05) is 18.4 Å². The van der Waals surface area contributed by atoms with E-state index in [4.69, 9.17) is 0 Å². The van der Waals surface area contributed by atoms with Crippen molar-refractivity contribution < 1.29 is 18.3 Å². The van der Waals surface area contributed by atoms with Gasteiger partial charge in [0.2, 0.25) is 5.91 Å². The highest BCUT2D eigenvalue weighted by Gasteiger charge is 2.09. The molecule has 0 radical (unpaired) electrons. The Morgan fingerprint density at radius 3 is 2.78 bits per heavy atom. The Morgan fingerprint density at radius 2 is 2.11 bits per heavy atom. The van der Waals surface area contributed by atoms with E-state index in [2.05, 4.69) is 15.4 Å². The van der Waals surface area contributed by atoms with Crippen LogP contribution >= 0.6 is 0 Å². The number of alkyl halides is 2. The summed E-state index contributed by atoms with van der Waals surface area (Å²) in [4.78, 5) is 11.3. The first-order chi connectivity index (χ1) is 8.63. The summed E-state index contributed by atoms with van der Waals surface area (Å²) >= 11 is 0. The maximum atomic E-state index is 12.1. The quantitative estimate of drug-likeness (QED) is 0.788. The van der Waals surface area contributed by atoms with Gasteiger partial charge in [-0.2, -0.15) is 8.78 Å². The van der Waals surface area contributed by atoms with E-state index in [-0.39, 0.29) is 18.2 Å². The molecule has 1 rings (SSSR count). The summed E-state index contributed by atoms with van der Waals surface area (Å²) in [5.41, 5.74) is 0.365. The molecule has 0 heterocycles. The van der Waals surface area contributed by atoms with Gasteiger partial charge in [0, 0.05) is 6.54 Å². The van der Waals surface area contributed by atoms with Crippen LogP contribution < -0.4 is 15.4 Å². The predicted octanol–water partition coefficient (Wildman–Crippen LogP) is 2.23. The number of benzene rings is 1. The molecule has 1 aromatic rings. The summed E-state index contributed by atoms with van der Waals surface area (Å²) in [6, 6.07) is 6.24. The fraction of sp³-hybridized carbons (Fsp3) is 0.417. The molecule has 4 nitrogen and oxygen atoms in total. The molecule has 18 heavy (non-hydrogen) atoms. The Hall–Kier alpha value is -1.85. The lowest BCUT2D eigenvalue weighted by molar-refractivity contribution is -0.119. The molecule has 0 saturated carbocycles. The zero-order valence-electron chi connectivity index (χ0n) is 10.1. The van der Waals surface area contributed by atoms with Crippen LogP contribution in [0.2, 0.25) is 0 Å². The molecule has 0 unspecified atom stereocenters. The Kier molecular flexibility index (Phi) is 5.90. The monoisotopic (exact) mass is 258 g/mol. The van der Waals surface area contributed by atoms with Crippen LogP contribution in [0, 0.1) is 0 Å². The van der Waals surface area contributed by atoms with Gasteiger partial charge in [0.05, 0.1) is 12.2 Å². The zero-order valence-corrected chi connectivity index (χ0v) is 10.1. The fourth-order valence-electron chi connectivity index (χ4n) is 1.31. The van der Waals surface area contributed by atoms with Gasteiger partial charge < -0.3 is 15.4 Å². The largest absolute Gasteiger partial charge is 0.433 e. The molecule has 1 aromatic carbocycles. The molecule has 6 heteroatoms. The maximum absolute atomic E-state index is 12.1. The van der Waals surface area contributed by atoms with E-state index in [1.807, 2.05) is 6.92 Å². The minimum Gasteiger partial charge on any atom is -0.433 e. The number of nitrogens with one attached hydrogen (secondary N) is 2. The van der Waals surface area contributed by atoms with Gasteiger partial charge in [0.15, 0.2) is 0 Å². The van der Waals surface area contributed by atoms with Gasteiger partial charge in [-0.25, -0.2) is 0 Å². The van der Waals surface area contributed by atoms with Crippen molar-refractivity contribution in [2.45, 2.75) is 20.0 Å². The van der Waals surface area contributed by atoms with Gasteiger partial charge in [0.25, 0.3) is 0 Å². The van der Waals surface area contributed by atoms with Crippen molar-refractivity contribution in [1.82, 2.24) is 5.32 Å². The summed E-state index contributed by atoms with van der Waals surface area (Å²) < 4.78 is 28.6. The highest BCUT2D eigenvalue weighted by atomic mass is 19.3. The average molecular weight is 258 g/mol. The number of ether oxygens (including phenoxy) is 1. The molecular formula is C12H16F2N2O2. The molecule has 0 spiro atoms. The van der Waals surface area contributed by atoms with E-state index in [0.717, 1.165) is 6.42 Å². The molecule has 0 aromatic heterocycles. The first-order valence-corrected chi connectivity index (χ1v) is 5.68. The van der Waals surface area contributed by atoms with Gasteiger partial charge in [-0.1, -0.05) is 19.1 Å². The lowest BCUT2D eigenvalue weighted by Gasteiger charge is -2.12. The smallest absolute Gasteiger partial charge is 0.387 e. The van der Waals surface area contributed by atoms with E-state index >= 15 is 0 Å². The van der Waals surface area contributed by atoms with Crippen molar-refractivity contribution in [3.8, 4) is 5.75 Å². The predicted molar refractivity (Wildman–Crippen MR) is 64.9 cm³/mol. The van der Waals surface area contributed by atoms with E-state index in [9.17, 15) is 13.6 Å². The number of carbonyl (C=O) groups excluding carboxylic acids is 1. The zero-order chi connectivity index (χ0) is 13.4. The van der Waals surface area contributed by atoms with Crippen LogP contribution in [0.25, 0.3) is 0 Å². The molecule has 0 bridgehead atoms. The van der Waals surface area contributed by atoms with Gasteiger partial charge in [-0.05, 0) is 18.6 Å². The first kappa shape index (κ1) is 14.2. The van der Waals surface area contributed by atoms with E-state index < -0.39 is 6.61 Å². The van der Waals surface area contributed by atoms with Crippen molar-refractivity contribution >= 4 is 11.6 Å². The summed E-state index contributed by atoms with van der Waals surface area (Å²) in [5, 5.41) is 5.43. The standard InChI is InChI=1S/C12H16F2N2O2/c1-2-7-15-11(17)8-16-9-5-3-4-6-10(9)18-12(13)14/h3-6,12,16H,2,7-8H2,1H3,(H,15,17). The van der Waals surface area contributed by atoms with Crippen LogP contribution in [-0.4, -0.2) is 25.6 Å². The normalized spacial score (nSPS) is 10.2. The Labute approximate surface area is 104 Å². The number of hydrogen-bond donors (Lipinski definition) is 2. The number of rotatable bonds is 7. The number of halogens is 2. The van der Waals surface area contributed by atoms with E-state index in [1.54, 1.807) is 18.2 Å². The molecule has 0 aliphatic rings. The van der Waals surface area contributed by atoms with Gasteiger partial charge in [-0.15, -0.1) is 0 Å². The molecule has 0 aliphatic carbocycles. The van der Waals surface area contributed by atoms with Gasteiger partial charge in [0.1, 0.15) is 5.75 Å². The van der Waals surface area contributed by atoms with Crippen LogP contribution in [0.5, 0.6) is 5.75 Å². The van der Waals surface area contributed by atoms with E-state index in [0.29, 0.717) is 12.2 Å². The Morgan fingerprint density at radius 1 is 1.39 bits per heavy atom. The van der Waals surface area contributed by atoms with Gasteiger partial charge >= 0.3 is 6.61 Å². The van der Waals surface area contributed by atoms with Gasteiger partial charge in [-0.3, -0.25) is 4.79 Å². The SMILES string of the molecule is CCCNC(=O)CNc1ccccc1OC(F)F. The van der Waals surface area contributed by atoms with Crippen LogP contribution in [0.1, 0.15) is 13.3 Å². The maximum Gasteiger partial charge on any atom is 0.387 e. The lowest BCUT2D eigenvalue weighted by Crippen LogP contribution is -2.30. The lowest BCUT2D eigenvalue weighted by atomic mass is 10.3. The number of amides is 1. The molecule has 0 saturated heterocycles. The van der Waals surface area contributed by atoms with Crippen LogP contribution in [-0.2, 0) is 4.79 Å². The van der Waals surface area contributed by atoms with Crippen LogP contribution in [0.3, 0.4) is 0 Å². The highest BCUT2D eigenvalue weighted by molar-refractivity contribution is 5.81. The second kappa shape index (κ2) is 7.47. The Bertz CT molecular complexity index is 386. The third kappa shape index (κ3) is 4.99. The highest BCUT2D eigenvalue weighted by Crippen LogP contribution is 2.24. The molecule has 100 valence electrons. The summed E-state index contributed by atoms with van der Waals surface area (Å²) in [5.74, 6) is -0.167. The summed E-state index contributed by atoms with van der Waals surface area (Å²) in [6.45, 7) is -0.333. The van der Waals surface area contributed by atoms with Crippen LogP contribution in [0.15, 0.2) is 24.3 Å². The van der Waals surface area contributed by atoms with Crippen molar-refractivity contribution in [1.29, 1.82) is 0 Å². The van der Waals surface area contributed by atoms with Crippen LogP contribution in [0.4, 0.5) is 14.5 Å². The number of carbonyl (C=O) groups is 1. The number of para-hydroxylation sites is 2. The topological polar surface area (TPSA) is 50.4 Å². The first-order valence-electron chi connectivity index (χ1n) is 5.68. The number of anilines is 1. The minimum atomic E-state index is -2.89. The number of hydrogen-bond acceptors (Lipinski definition) is 3. The molecule has 1 amide bonds. The second-order valence-electron chi connectivity index (χ2n) is 3.58. The molecule has 0 fully saturated rings. The summed E-state index contributed by atoms with van der Waals surface area (Å²) in [7, 11) is 0. The fourth-order valence-corrected chi connectivity index (χ4v) is 1.31. The molecule has 0 aliphatic heterocycles. The molecule has 0 atom stereocenters. The summed E-state index contributed by atoms with van der Waals surface area (Å²) in [6.07, 6.45) is 0.844. The molecule has 2 N–H and O–H groups in total. The third-order valence-corrected chi connectivity index (χ3v) is 2.11. The average Bonchev–Trinajstić information content (AvgIpc) is 2.34. The third-order valence-electron chi connectivity index (χ3n) is 2.11. The second-order valence-corrected chi connectivity index (χ2v) is 3.58. The van der Waals surface area contributed by atoms with Crippen molar-refractivity contribution in [3.63, 3.8) is 0 Å². The Balaban J connectivity index is 2.53. The molecular weight excluding hydrogens is 242 g/mol. The van der Waals surface area contributed by atoms with E-state index in [1.165, 1.54) is 6.07 Å². The van der Waals surface area contributed by atoms with Crippen molar-refractivity contribution in [3.05, 3.63) is 24.3 Å². The van der Waals surface area contributed by atoms with Crippen molar-refractivity contribution in [2.24, 2.45) is 0 Å².